The summed E-state index contributed by atoms with van der Waals surface area (Å²) >= 11 is 0. The molecule has 4 N–H and O–H groups in total. The number of sulfonamides is 1. The molecule has 3 aromatic carbocycles. The Balaban J connectivity index is 1.91. The number of amides is 3. The van der Waals surface area contributed by atoms with E-state index in [1.54, 1.807) is 12.1 Å². The molecule has 0 atom stereocenters. The van der Waals surface area contributed by atoms with Crippen LogP contribution in [0.2, 0.25) is 0 Å². The highest BCUT2D eigenvalue weighted by Gasteiger charge is 2.25. The lowest BCUT2D eigenvalue weighted by atomic mass is 9.85. The second kappa shape index (κ2) is 11.7. The Labute approximate surface area is 233 Å². The lowest BCUT2D eigenvalue weighted by Gasteiger charge is -2.23. The molecule has 0 aliphatic rings. The molecular weight excluding hydrogens is 536 g/mol. The first-order valence-corrected chi connectivity index (χ1v) is 14.0. The number of hydrogen-bond acceptors (Lipinski definition) is 7. The molecule has 0 aromatic heterocycles. The van der Waals surface area contributed by atoms with E-state index in [0.29, 0.717) is 5.56 Å². The third kappa shape index (κ3) is 7.73. The van der Waals surface area contributed by atoms with E-state index >= 15 is 0 Å². The number of ether oxygens (including phenoxy) is 1. The fraction of sp³-hybridized carbons (Fsp3) is 0.250. The highest BCUT2D eigenvalue weighted by Crippen LogP contribution is 2.40. The summed E-state index contributed by atoms with van der Waals surface area (Å²) in [7, 11) is -0.486. The van der Waals surface area contributed by atoms with Crippen LogP contribution in [0.3, 0.4) is 0 Å². The van der Waals surface area contributed by atoms with E-state index in [4.69, 9.17) is 4.74 Å². The van der Waals surface area contributed by atoms with Crippen LogP contribution in [0.4, 0.5) is 21.9 Å². The minimum atomic E-state index is -3.54. The second-order valence-corrected chi connectivity index (χ2v) is 12.0. The zero-order chi connectivity index (χ0) is 29.8. The van der Waals surface area contributed by atoms with Gasteiger partial charge in [-0.1, -0.05) is 39.0 Å². The van der Waals surface area contributed by atoms with Gasteiger partial charge in [-0.25, -0.2) is 13.2 Å². The van der Waals surface area contributed by atoms with E-state index < -0.39 is 33.3 Å². The predicted molar refractivity (Wildman–Crippen MR) is 154 cm³/mol. The van der Waals surface area contributed by atoms with Gasteiger partial charge in [0.05, 0.1) is 23.2 Å². The van der Waals surface area contributed by atoms with Crippen molar-refractivity contribution in [3.05, 3.63) is 77.4 Å². The number of hydrogen-bond donors (Lipinski definition) is 4. The Bertz CT molecular complexity index is 1560. The number of para-hydroxylation sites is 1. The summed E-state index contributed by atoms with van der Waals surface area (Å²) in [6, 6.07) is 15.0. The normalized spacial score (nSPS) is 11.3. The fourth-order valence-corrected chi connectivity index (χ4v) is 4.19. The maximum Gasteiger partial charge on any atom is 0.414 e. The molecule has 0 aliphatic heterocycles. The van der Waals surface area contributed by atoms with Gasteiger partial charge < -0.3 is 25.4 Å². The lowest BCUT2D eigenvalue weighted by Crippen LogP contribution is -2.25. The van der Waals surface area contributed by atoms with Gasteiger partial charge in [-0.3, -0.25) is 14.3 Å². The van der Waals surface area contributed by atoms with E-state index in [0.717, 1.165) is 6.26 Å². The molecule has 0 spiro atoms. The van der Waals surface area contributed by atoms with Crippen molar-refractivity contribution in [2.24, 2.45) is 0 Å². The van der Waals surface area contributed by atoms with Crippen LogP contribution in [-0.2, 0) is 15.4 Å². The second-order valence-electron chi connectivity index (χ2n) is 10.3. The summed E-state index contributed by atoms with van der Waals surface area (Å²) in [4.78, 5) is 39.7. The number of carbonyl (C=O) groups excluding carboxylic acids is 3. The van der Waals surface area contributed by atoms with Crippen molar-refractivity contribution in [3.8, 4) is 11.5 Å². The standard InChI is InChI=1S/C28H32N4O7S/c1-28(2,3)21-15-19(39-27(36)32(4)5)16-23(24(21)33)30-26(35)20-12-7-8-13-22(20)29-25(34)17-10-9-11-18(14-17)31-40(6,37)38/h7-16,31,33H,1-6H3,(H,29,34)(H,30,35). The maximum atomic E-state index is 13.4. The molecule has 0 radical (unpaired) electrons. The Kier molecular flexibility index (Phi) is 8.74. The summed E-state index contributed by atoms with van der Waals surface area (Å²) in [6.45, 7) is 5.57. The molecule has 0 aliphatic carbocycles. The van der Waals surface area contributed by atoms with Crippen LogP contribution in [0.15, 0.2) is 60.7 Å². The van der Waals surface area contributed by atoms with Gasteiger partial charge in [0.2, 0.25) is 10.0 Å². The van der Waals surface area contributed by atoms with Crippen molar-refractivity contribution < 1.29 is 32.6 Å². The molecule has 212 valence electrons. The number of nitrogens with one attached hydrogen (secondary N) is 3. The topological polar surface area (TPSA) is 154 Å². The van der Waals surface area contributed by atoms with E-state index in [-0.39, 0.29) is 39.7 Å². The van der Waals surface area contributed by atoms with E-state index in [2.05, 4.69) is 15.4 Å². The van der Waals surface area contributed by atoms with Crippen LogP contribution in [0.1, 0.15) is 47.1 Å². The SMILES string of the molecule is CN(C)C(=O)Oc1cc(NC(=O)c2ccccc2NC(=O)c2cccc(NS(C)(=O)=O)c2)c(O)c(C(C)(C)C)c1. The number of carbonyl (C=O) groups is 3. The minimum absolute atomic E-state index is 0.0136. The smallest absolute Gasteiger partial charge is 0.414 e. The van der Waals surface area contributed by atoms with Crippen LogP contribution in [0.25, 0.3) is 0 Å². The van der Waals surface area contributed by atoms with Crippen LogP contribution in [0.5, 0.6) is 11.5 Å². The summed E-state index contributed by atoms with van der Waals surface area (Å²) in [5.74, 6) is -1.29. The highest BCUT2D eigenvalue weighted by molar-refractivity contribution is 7.92. The molecule has 0 heterocycles. The first-order valence-electron chi connectivity index (χ1n) is 12.1. The summed E-state index contributed by atoms with van der Waals surface area (Å²) in [6.07, 6.45) is 0.366. The summed E-state index contributed by atoms with van der Waals surface area (Å²) in [5.41, 5.74) is 0.533. The average Bonchev–Trinajstić information content (AvgIpc) is 2.84. The third-order valence-corrected chi connectivity index (χ3v) is 6.16. The van der Waals surface area contributed by atoms with Gasteiger partial charge in [0.25, 0.3) is 11.8 Å². The monoisotopic (exact) mass is 568 g/mol. The highest BCUT2D eigenvalue weighted by atomic mass is 32.2. The van der Waals surface area contributed by atoms with Crippen LogP contribution >= 0.6 is 0 Å². The zero-order valence-electron chi connectivity index (χ0n) is 23.0. The van der Waals surface area contributed by atoms with Gasteiger partial charge in [-0.05, 0) is 41.8 Å². The Hall–Kier alpha value is -4.58. The quantitative estimate of drug-likeness (QED) is 0.303. The molecule has 12 heteroatoms. The largest absolute Gasteiger partial charge is 0.505 e. The molecule has 40 heavy (non-hydrogen) atoms. The average molecular weight is 569 g/mol. The predicted octanol–water partition coefficient (Wildman–Crippen LogP) is 4.63. The van der Waals surface area contributed by atoms with Gasteiger partial charge in [-0.15, -0.1) is 0 Å². The molecule has 3 rings (SSSR count). The molecule has 0 fully saturated rings. The van der Waals surface area contributed by atoms with Gasteiger partial charge in [0.15, 0.2) is 0 Å². The number of anilines is 3. The maximum absolute atomic E-state index is 13.4. The molecule has 0 bridgehead atoms. The minimum Gasteiger partial charge on any atom is -0.505 e. The molecule has 3 aromatic rings. The van der Waals surface area contributed by atoms with Gasteiger partial charge in [0, 0.05) is 37.0 Å². The van der Waals surface area contributed by atoms with Crippen molar-refractivity contribution >= 4 is 45.0 Å². The van der Waals surface area contributed by atoms with Crippen LogP contribution in [-0.4, -0.2) is 56.7 Å². The Morgan fingerprint density at radius 3 is 2.15 bits per heavy atom. The number of benzene rings is 3. The number of nitrogens with zero attached hydrogens (tertiary/aromatic N) is 1. The third-order valence-electron chi connectivity index (χ3n) is 5.56. The molecule has 0 saturated heterocycles. The zero-order valence-corrected chi connectivity index (χ0v) is 23.8. The first-order chi connectivity index (χ1) is 18.5. The molecule has 3 amide bonds. The van der Waals surface area contributed by atoms with Crippen LogP contribution in [0, 0.1) is 0 Å². The summed E-state index contributed by atoms with van der Waals surface area (Å²) < 4.78 is 30.8. The lowest BCUT2D eigenvalue weighted by molar-refractivity contribution is 0.102. The molecule has 0 saturated carbocycles. The summed E-state index contributed by atoms with van der Waals surface area (Å²) in [5, 5.41) is 16.3. The van der Waals surface area contributed by atoms with Crippen molar-refractivity contribution in [1.29, 1.82) is 0 Å². The van der Waals surface area contributed by atoms with E-state index in [9.17, 15) is 27.9 Å². The van der Waals surface area contributed by atoms with Gasteiger partial charge in [-0.2, -0.15) is 0 Å². The number of phenolic OH excluding ortho intramolecular Hbond substituents is 1. The van der Waals surface area contributed by atoms with Crippen molar-refractivity contribution in [2.45, 2.75) is 26.2 Å². The first kappa shape index (κ1) is 30.0. The van der Waals surface area contributed by atoms with Crippen LogP contribution < -0.4 is 20.1 Å². The van der Waals surface area contributed by atoms with Crippen molar-refractivity contribution in [1.82, 2.24) is 4.90 Å². The number of aromatic hydroxyl groups is 1. The van der Waals surface area contributed by atoms with E-state index in [1.807, 2.05) is 20.8 Å². The molecule has 11 nitrogen and oxygen atoms in total. The Morgan fingerprint density at radius 1 is 0.875 bits per heavy atom. The van der Waals surface area contributed by atoms with Gasteiger partial charge >= 0.3 is 6.09 Å². The number of rotatable bonds is 7. The van der Waals surface area contributed by atoms with Gasteiger partial charge in [0.1, 0.15) is 11.5 Å². The van der Waals surface area contributed by atoms with Crippen molar-refractivity contribution in [3.63, 3.8) is 0 Å². The fourth-order valence-electron chi connectivity index (χ4n) is 3.64. The van der Waals surface area contributed by atoms with Crippen molar-refractivity contribution in [2.75, 3.05) is 35.7 Å². The molecule has 0 unspecified atom stereocenters. The molecular formula is C28H32N4O7S. The van der Waals surface area contributed by atoms with E-state index in [1.165, 1.54) is 67.5 Å². The number of phenols is 1. The Morgan fingerprint density at radius 2 is 1.52 bits per heavy atom.